The van der Waals surface area contributed by atoms with E-state index in [1.807, 2.05) is 7.05 Å². The van der Waals surface area contributed by atoms with Gasteiger partial charge in [-0.05, 0) is 38.4 Å². The highest BCUT2D eigenvalue weighted by Gasteiger charge is 2.11. The summed E-state index contributed by atoms with van der Waals surface area (Å²) in [6, 6.07) is 10.8. The predicted molar refractivity (Wildman–Crippen MR) is 85.4 cm³/mol. The molecule has 0 radical (unpaired) electrons. The molecule has 3 rings (SSSR count). The van der Waals surface area contributed by atoms with Gasteiger partial charge in [-0.3, -0.25) is 0 Å². The molecule has 4 heteroatoms. The van der Waals surface area contributed by atoms with E-state index in [9.17, 15) is 0 Å². The van der Waals surface area contributed by atoms with E-state index in [2.05, 4.69) is 59.0 Å². The van der Waals surface area contributed by atoms with Crippen LogP contribution in [0.25, 0.3) is 10.9 Å². The van der Waals surface area contributed by atoms with Gasteiger partial charge in [0.15, 0.2) is 0 Å². The summed E-state index contributed by atoms with van der Waals surface area (Å²) in [5.41, 5.74) is 3.74. The monoisotopic (exact) mass is 285 g/mol. The normalized spacial score (nSPS) is 11.3. The second-order valence-corrected chi connectivity index (χ2v) is 6.35. The van der Waals surface area contributed by atoms with Crippen LogP contribution in [0.15, 0.2) is 30.3 Å². The predicted octanol–water partition coefficient (Wildman–Crippen LogP) is 3.48. The smallest absolute Gasteiger partial charge is 0.113 e. The van der Waals surface area contributed by atoms with Crippen LogP contribution in [0.3, 0.4) is 0 Å². The first kappa shape index (κ1) is 13.3. The zero-order valence-electron chi connectivity index (χ0n) is 12.1. The van der Waals surface area contributed by atoms with Crippen LogP contribution in [0.1, 0.15) is 21.3 Å². The second-order valence-electron chi connectivity index (χ2n) is 5.06. The van der Waals surface area contributed by atoms with Crippen LogP contribution in [-0.4, -0.2) is 16.6 Å². The fraction of sp³-hybridized carbons (Fsp3) is 0.312. The highest BCUT2D eigenvalue weighted by molar-refractivity contribution is 7.11. The van der Waals surface area contributed by atoms with Crippen molar-refractivity contribution in [1.29, 1.82) is 0 Å². The van der Waals surface area contributed by atoms with Crippen molar-refractivity contribution in [3.63, 3.8) is 0 Å². The summed E-state index contributed by atoms with van der Waals surface area (Å²) in [5.74, 6) is 0. The molecule has 0 amide bonds. The SMILES string of the molecule is CNCc1cc2ccccc2n1Cc1nc(C)c(C)s1. The van der Waals surface area contributed by atoms with Crippen molar-refractivity contribution in [3.05, 3.63) is 51.6 Å². The summed E-state index contributed by atoms with van der Waals surface area (Å²) in [6.45, 7) is 5.94. The van der Waals surface area contributed by atoms with Gasteiger partial charge in [0.2, 0.25) is 0 Å². The van der Waals surface area contributed by atoms with E-state index in [1.54, 1.807) is 11.3 Å². The minimum absolute atomic E-state index is 0.851. The topological polar surface area (TPSA) is 29.9 Å². The zero-order valence-corrected chi connectivity index (χ0v) is 12.9. The molecule has 104 valence electrons. The molecular weight excluding hydrogens is 266 g/mol. The number of thiazole rings is 1. The van der Waals surface area contributed by atoms with Gasteiger partial charge >= 0.3 is 0 Å². The lowest BCUT2D eigenvalue weighted by Crippen LogP contribution is -2.11. The molecule has 0 aliphatic heterocycles. The lowest BCUT2D eigenvalue weighted by molar-refractivity contribution is 0.706. The lowest BCUT2D eigenvalue weighted by Gasteiger charge is -2.08. The van der Waals surface area contributed by atoms with Gasteiger partial charge in [-0.1, -0.05) is 18.2 Å². The molecule has 3 aromatic rings. The van der Waals surface area contributed by atoms with Gasteiger partial charge in [0.1, 0.15) is 5.01 Å². The number of rotatable bonds is 4. The molecule has 0 bridgehead atoms. The Morgan fingerprint density at radius 1 is 1.25 bits per heavy atom. The molecule has 0 spiro atoms. The molecule has 0 fully saturated rings. The van der Waals surface area contributed by atoms with Gasteiger partial charge in [0, 0.05) is 22.6 Å². The average molecular weight is 285 g/mol. The Labute approximate surface area is 123 Å². The number of fused-ring (bicyclic) bond motifs is 1. The summed E-state index contributed by atoms with van der Waals surface area (Å²) in [7, 11) is 1.99. The zero-order chi connectivity index (χ0) is 14.1. The fourth-order valence-corrected chi connectivity index (χ4v) is 3.45. The number of aryl methyl sites for hydroxylation is 2. The molecule has 20 heavy (non-hydrogen) atoms. The van der Waals surface area contributed by atoms with Crippen LogP contribution in [0.2, 0.25) is 0 Å². The second kappa shape index (κ2) is 5.38. The maximum absolute atomic E-state index is 4.67. The first-order chi connectivity index (χ1) is 9.69. The van der Waals surface area contributed by atoms with Crippen LogP contribution in [0.4, 0.5) is 0 Å². The third-order valence-corrected chi connectivity index (χ3v) is 4.68. The number of hydrogen-bond donors (Lipinski definition) is 1. The first-order valence-corrected chi connectivity index (χ1v) is 7.65. The van der Waals surface area contributed by atoms with Crippen LogP contribution >= 0.6 is 11.3 Å². The molecule has 2 aromatic heterocycles. The summed E-state index contributed by atoms with van der Waals surface area (Å²) in [6.07, 6.45) is 0. The Morgan fingerprint density at radius 2 is 2.05 bits per heavy atom. The Bertz CT molecular complexity index is 720. The van der Waals surface area contributed by atoms with Gasteiger partial charge in [0.25, 0.3) is 0 Å². The molecule has 0 aliphatic carbocycles. The van der Waals surface area contributed by atoms with E-state index in [0.717, 1.165) is 18.8 Å². The molecule has 0 atom stereocenters. The van der Waals surface area contributed by atoms with E-state index in [-0.39, 0.29) is 0 Å². The Balaban J connectivity index is 2.06. The maximum Gasteiger partial charge on any atom is 0.113 e. The molecule has 1 aromatic carbocycles. The summed E-state index contributed by atoms with van der Waals surface area (Å²) in [4.78, 5) is 5.98. The number of hydrogen-bond acceptors (Lipinski definition) is 3. The maximum atomic E-state index is 4.67. The molecular formula is C16H19N3S. The average Bonchev–Trinajstić information content (AvgIpc) is 2.93. The molecule has 0 saturated carbocycles. The Morgan fingerprint density at radius 3 is 2.75 bits per heavy atom. The molecule has 2 heterocycles. The van der Waals surface area contributed by atoms with Crippen molar-refractivity contribution >= 4 is 22.2 Å². The van der Waals surface area contributed by atoms with Crippen LogP contribution in [-0.2, 0) is 13.1 Å². The third-order valence-electron chi connectivity index (χ3n) is 3.62. The first-order valence-electron chi connectivity index (χ1n) is 6.83. The van der Waals surface area contributed by atoms with Gasteiger partial charge in [0.05, 0.1) is 12.2 Å². The van der Waals surface area contributed by atoms with E-state index >= 15 is 0 Å². The fourth-order valence-electron chi connectivity index (χ4n) is 2.52. The minimum Gasteiger partial charge on any atom is -0.336 e. The number of para-hydroxylation sites is 1. The quantitative estimate of drug-likeness (QED) is 0.795. The number of nitrogens with zero attached hydrogens (tertiary/aromatic N) is 2. The summed E-state index contributed by atoms with van der Waals surface area (Å²) >= 11 is 1.80. The van der Waals surface area contributed by atoms with Crippen molar-refractivity contribution in [2.24, 2.45) is 0 Å². The molecule has 0 saturated heterocycles. The van der Waals surface area contributed by atoms with Crippen LogP contribution in [0.5, 0.6) is 0 Å². The third kappa shape index (κ3) is 2.37. The van der Waals surface area contributed by atoms with E-state index in [4.69, 9.17) is 0 Å². The number of aromatic nitrogens is 2. The van der Waals surface area contributed by atoms with Crippen molar-refractivity contribution in [1.82, 2.24) is 14.9 Å². The molecule has 3 nitrogen and oxygen atoms in total. The summed E-state index contributed by atoms with van der Waals surface area (Å²) in [5, 5.41) is 5.72. The van der Waals surface area contributed by atoms with E-state index in [0.29, 0.717) is 0 Å². The highest BCUT2D eigenvalue weighted by atomic mass is 32.1. The minimum atomic E-state index is 0.851. The lowest BCUT2D eigenvalue weighted by atomic mass is 10.2. The van der Waals surface area contributed by atoms with Crippen molar-refractivity contribution in [2.45, 2.75) is 26.9 Å². The van der Waals surface area contributed by atoms with Gasteiger partial charge < -0.3 is 9.88 Å². The van der Waals surface area contributed by atoms with Gasteiger partial charge in [-0.2, -0.15) is 0 Å². The highest BCUT2D eigenvalue weighted by Crippen LogP contribution is 2.24. The van der Waals surface area contributed by atoms with Crippen molar-refractivity contribution < 1.29 is 0 Å². The van der Waals surface area contributed by atoms with E-state index < -0.39 is 0 Å². The van der Waals surface area contributed by atoms with Crippen molar-refractivity contribution in [2.75, 3.05) is 7.05 Å². The Kier molecular flexibility index (Phi) is 3.59. The summed E-state index contributed by atoms with van der Waals surface area (Å²) < 4.78 is 2.36. The number of benzene rings is 1. The molecule has 0 unspecified atom stereocenters. The standard InChI is InChI=1S/C16H19N3S/c1-11-12(2)20-16(18-11)10-19-14(9-17-3)8-13-6-4-5-7-15(13)19/h4-8,17H,9-10H2,1-3H3. The van der Waals surface area contributed by atoms with Gasteiger partial charge in [-0.15, -0.1) is 11.3 Å². The van der Waals surface area contributed by atoms with Crippen LogP contribution in [0, 0.1) is 13.8 Å². The molecule has 1 N–H and O–H groups in total. The molecule has 0 aliphatic rings. The van der Waals surface area contributed by atoms with Crippen LogP contribution < -0.4 is 5.32 Å². The van der Waals surface area contributed by atoms with E-state index in [1.165, 1.54) is 26.5 Å². The number of nitrogens with one attached hydrogen (secondary N) is 1. The Hall–Kier alpha value is -1.65. The van der Waals surface area contributed by atoms with Crippen molar-refractivity contribution in [3.8, 4) is 0 Å². The van der Waals surface area contributed by atoms with Gasteiger partial charge in [-0.25, -0.2) is 4.98 Å². The largest absolute Gasteiger partial charge is 0.336 e.